The van der Waals surface area contributed by atoms with Gasteiger partial charge >= 0.3 is 0 Å². The minimum Gasteiger partial charge on any atom is -0.369 e. The average molecular weight is 264 g/mol. The molecule has 2 nitrogen and oxygen atoms in total. The van der Waals surface area contributed by atoms with E-state index < -0.39 is 0 Å². The van der Waals surface area contributed by atoms with Crippen LogP contribution in [0.25, 0.3) is 0 Å². The standard InChI is InChI=1S/C16H25FN2/c1-4-10-18-12(2)13-8-9-16(15(17)11-13)19(3)14-6-5-7-14/h8-9,11-12,14,18H,4-7,10H2,1-3H3. The van der Waals surface area contributed by atoms with Crippen LogP contribution in [0.5, 0.6) is 0 Å². The first-order valence-corrected chi connectivity index (χ1v) is 7.39. The Morgan fingerprint density at radius 3 is 2.68 bits per heavy atom. The van der Waals surface area contributed by atoms with E-state index in [1.165, 1.54) is 19.3 Å². The molecule has 1 aliphatic rings. The van der Waals surface area contributed by atoms with Crippen molar-refractivity contribution in [3.63, 3.8) is 0 Å². The highest BCUT2D eigenvalue weighted by Crippen LogP contribution is 2.30. The van der Waals surface area contributed by atoms with Crippen LogP contribution in [0.2, 0.25) is 0 Å². The summed E-state index contributed by atoms with van der Waals surface area (Å²) in [7, 11) is 2.00. The molecule has 0 radical (unpaired) electrons. The van der Waals surface area contributed by atoms with Crippen molar-refractivity contribution >= 4 is 5.69 Å². The van der Waals surface area contributed by atoms with Gasteiger partial charge in [0.15, 0.2) is 0 Å². The molecule has 0 spiro atoms. The third-order valence-electron chi connectivity index (χ3n) is 4.17. The molecule has 1 aromatic rings. The number of benzene rings is 1. The lowest BCUT2D eigenvalue weighted by Crippen LogP contribution is -2.37. The van der Waals surface area contributed by atoms with Gasteiger partial charge in [-0.2, -0.15) is 0 Å². The van der Waals surface area contributed by atoms with Gasteiger partial charge in [-0.3, -0.25) is 0 Å². The smallest absolute Gasteiger partial charge is 0.146 e. The number of hydrogen-bond acceptors (Lipinski definition) is 2. The van der Waals surface area contributed by atoms with Crippen molar-refractivity contribution in [1.82, 2.24) is 5.32 Å². The zero-order valence-electron chi connectivity index (χ0n) is 12.2. The lowest BCUT2D eigenvalue weighted by Gasteiger charge is -2.36. The maximum Gasteiger partial charge on any atom is 0.146 e. The van der Waals surface area contributed by atoms with Crippen molar-refractivity contribution < 1.29 is 4.39 Å². The van der Waals surface area contributed by atoms with E-state index in [-0.39, 0.29) is 11.9 Å². The van der Waals surface area contributed by atoms with Gasteiger partial charge in [0, 0.05) is 19.1 Å². The fourth-order valence-corrected chi connectivity index (χ4v) is 2.53. The van der Waals surface area contributed by atoms with Crippen molar-refractivity contribution in [2.24, 2.45) is 0 Å². The molecule has 0 amide bonds. The van der Waals surface area contributed by atoms with Crippen LogP contribution in [-0.2, 0) is 0 Å². The fourth-order valence-electron chi connectivity index (χ4n) is 2.53. The Hall–Kier alpha value is -1.09. The molecule has 1 aliphatic carbocycles. The third-order valence-corrected chi connectivity index (χ3v) is 4.17. The van der Waals surface area contributed by atoms with Crippen molar-refractivity contribution in [3.05, 3.63) is 29.6 Å². The molecule has 0 heterocycles. The average Bonchev–Trinajstić information content (AvgIpc) is 2.33. The summed E-state index contributed by atoms with van der Waals surface area (Å²) in [6.45, 7) is 5.18. The first kappa shape index (κ1) is 14.3. The number of anilines is 1. The van der Waals surface area contributed by atoms with Crippen molar-refractivity contribution in [3.8, 4) is 0 Å². The van der Waals surface area contributed by atoms with Gasteiger partial charge in [0.05, 0.1) is 5.69 Å². The fraction of sp³-hybridized carbons (Fsp3) is 0.625. The normalized spacial score (nSPS) is 17.1. The molecule has 3 heteroatoms. The van der Waals surface area contributed by atoms with Gasteiger partial charge in [-0.15, -0.1) is 0 Å². The Kier molecular flexibility index (Phi) is 4.81. The predicted octanol–water partition coefficient (Wildman–Crippen LogP) is 3.88. The van der Waals surface area contributed by atoms with E-state index in [1.54, 1.807) is 6.07 Å². The topological polar surface area (TPSA) is 15.3 Å². The zero-order chi connectivity index (χ0) is 13.8. The van der Waals surface area contributed by atoms with E-state index in [0.29, 0.717) is 6.04 Å². The largest absolute Gasteiger partial charge is 0.369 e. The Labute approximate surface area is 116 Å². The van der Waals surface area contributed by atoms with Crippen LogP contribution in [0, 0.1) is 5.82 Å². The number of halogens is 1. The molecule has 0 saturated heterocycles. The van der Waals surface area contributed by atoms with Crippen LogP contribution < -0.4 is 10.2 Å². The van der Waals surface area contributed by atoms with Crippen molar-refractivity contribution in [2.45, 2.75) is 51.6 Å². The summed E-state index contributed by atoms with van der Waals surface area (Å²) in [5.74, 6) is -0.1000. The van der Waals surface area contributed by atoms with Gasteiger partial charge in [-0.25, -0.2) is 4.39 Å². The Morgan fingerprint density at radius 2 is 2.16 bits per heavy atom. The lowest BCUT2D eigenvalue weighted by atomic mass is 9.91. The van der Waals surface area contributed by atoms with Crippen molar-refractivity contribution in [1.29, 1.82) is 0 Å². The Balaban J connectivity index is 2.07. The van der Waals surface area contributed by atoms with E-state index in [4.69, 9.17) is 0 Å². The highest BCUT2D eigenvalue weighted by Gasteiger charge is 2.24. The number of nitrogens with zero attached hydrogens (tertiary/aromatic N) is 1. The molecule has 1 unspecified atom stereocenters. The molecule has 1 aromatic carbocycles. The summed E-state index contributed by atoms with van der Waals surface area (Å²) in [6, 6.07) is 6.37. The van der Waals surface area contributed by atoms with Gasteiger partial charge in [0.2, 0.25) is 0 Å². The van der Waals surface area contributed by atoms with Crippen LogP contribution >= 0.6 is 0 Å². The molecule has 1 N–H and O–H groups in total. The van der Waals surface area contributed by atoms with Gasteiger partial charge < -0.3 is 10.2 Å². The summed E-state index contributed by atoms with van der Waals surface area (Å²) in [4.78, 5) is 2.09. The molecule has 1 fully saturated rings. The third kappa shape index (κ3) is 3.27. The second kappa shape index (κ2) is 6.38. The minimum absolute atomic E-state index is 0.1000. The summed E-state index contributed by atoms with van der Waals surface area (Å²) in [5.41, 5.74) is 1.76. The maximum absolute atomic E-state index is 14.2. The molecule has 2 rings (SSSR count). The molecular formula is C16H25FN2. The summed E-state index contributed by atoms with van der Waals surface area (Å²) >= 11 is 0. The van der Waals surface area contributed by atoms with Gasteiger partial charge in [0.1, 0.15) is 5.82 Å². The lowest BCUT2D eigenvalue weighted by molar-refractivity contribution is 0.397. The molecule has 0 aromatic heterocycles. The van der Waals surface area contributed by atoms with Gasteiger partial charge in [-0.1, -0.05) is 13.0 Å². The van der Waals surface area contributed by atoms with Crippen LogP contribution in [0.3, 0.4) is 0 Å². The van der Waals surface area contributed by atoms with E-state index in [1.807, 2.05) is 19.2 Å². The Morgan fingerprint density at radius 1 is 1.42 bits per heavy atom. The SMILES string of the molecule is CCCNC(C)c1ccc(N(C)C2CCC2)c(F)c1. The zero-order valence-corrected chi connectivity index (χ0v) is 12.2. The molecule has 106 valence electrons. The molecular weight excluding hydrogens is 239 g/mol. The van der Waals surface area contributed by atoms with E-state index in [2.05, 4.69) is 24.1 Å². The van der Waals surface area contributed by atoms with Crippen LogP contribution in [-0.4, -0.2) is 19.6 Å². The molecule has 0 aliphatic heterocycles. The minimum atomic E-state index is -0.1000. The van der Waals surface area contributed by atoms with E-state index in [0.717, 1.165) is 24.2 Å². The monoisotopic (exact) mass is 264 g/mol. The summed E-state index contributed by atoms with van der Waals surface area (Å²) in [6.07, 6.45) is 4.74. The van der Waals surface area contributed by atoms with Gasteiger partial charge in [0.25, 0.3) is 0 Å². The van der Waals surface area contributed by atoms with Crippen molar-refractivity contribution in [2.75, 3.05) is 18.5 Å². The number of hydrogen-bond donors (Lipinski definition) is 1. The van der Waals surface area contributed by atoms with Crippen LogP contribution in [0.4, 0.5) is 10.1 Å². The van der Waals surface area contributed by atoms with Gasteiger partial charge in [-0.05, 0) is 56.8 Å². The predicted molar refractivity (Wildman–Crippen MR) is 79.2 cm³/mol. The second-order valence-electron chi connectivity index (χ2n) is 5.58. The van der Waals surface area contributed by atoms with E-state index in [9.17, 15) is 4.39 Å². The molecule has 0 bridgehead atoms. The van der Waals surface area contributed by atoms with Crippen LogP contribution in [0.15, 0.2) is 18.2 Å². The summed E-state index contributed by atoms with van der Waals surface area (Å²) < 4.78 is 14.2. The maximum atomic E-state index is 14.2. The number of rotatable bonds is 6. The quantitative estimate of drug-likeness (QED) is 0.839. The second-order valence-corrected chi connectivity index (χ2v) is 5.58. The first-order valence-electron chi connectivity index (χ1n) is 7.39. The first-order chi connectivity index (χ1) is 9.13. The van der Waals surface area contributed by atoms with E-state index >= 15 is 0 Å². The summed E-state index contributed by atoms with van der Waals surface area (Å²) in [5, 5.41) is 3.39. The Bertz CT molecular complexity index is 415. The molecule has 1 atom stereocenters. The molecule has 19 heavy (non-hydrogen) atoms. The highest BCUT2D eigenvalue weighted by atomic mass is 19.1. The molecule has 1 saturated carbocycles. The highest BCUT2D eigenvalue weighted by molar-refractivity contribution is 5.50. The van der Waals surface area contributed by atoms with Crippen LogP contribution in [0.1, 0.15) is 51.1 Å². The number of nitrogens with one attached hydrogen (secondary N) is 1.